The van der Waals surface area contributed by atoms with Crippen molar-refractivity contribution in [1.29, 1.82) is 0 Å². The van der Waals surface area contributed by atoms with E-state index in [1.165, 1.54) is 11.5 Å². The van der Waals surface area contributed by atoms with Gasteiger partial charge in [-0.1, -0.05) is 0 Å². The Labute approximate surface area is 130 Å². The van der Waals surface area contributed by atoms with E-state index < -0.39 is 5.97 Å². The van der Waals surface area contributed by atoms with Gasteiger partial charge in [-0.05, 0) is 37.2 Å². The van der Waals surface area contributed by atoms with E-state index in [0.29, 0.717) is 12.6 Å². The van der Waals surface area contributed by atoms with E-state index in [1.807, 2.05) is 11.8 Å². The minimum atomic E-state index is -0.730. The number of rotatable bonds is 3. The summed E-state index contributed by atoms with van der Waals surface area (Å²) in [6, 6.07) is 0.476. The predicted molar refractivity (Wildman–Crippen MR) is 81.8 cm³/mol. The topological polar surface area (TPSA) is 59.0 Å². The molecule has 21 heavy (non-hydrogen) atoms. The van der Waals surface area contributed by atoms with Crippen LogP contribution in [0.2, 0.25) is 0 Å². The first kappa shape index (κ1) is 15.6. The number of carbonyl (C=O) groups is 1. The molecule has 3 heterocycles. The molecule has 6 heteroatoms. The Balaban J connectivity index is 1.67. The smallest absolute Gasteiger partial charge is 0.305 e. The first-order valence-corrected chi connectivity index (χ1v) is 9.11. The van der Waals surface area contributed by atoms with Gasteiger partial charge in [0.1, 0.15) is 0 Å². The number of hydrogen-bond acceptors (Lipinski definition) is 5. The Hall–Kier alpha value is -0.300. The van der Waals surface area contributed by atoms with E-state index in [1.54, 1.807) is 0 Å². The number of aliphatic carboxylic acids is 1. The highest BCUT2D eigenvalue weighted by molar-refractivity contribution is 7.99. The van der Waals surface area contributed by atoms with Gasteiger partial charge in [-0.15, -0.1) is 0 Å². The van der Waals surface area contributed by atoms with Crippen LogP contribution < -0.4 is 0 Å². The maximum Gasteiger partial charge on any atom is 0.305 e. The molecule has 2 atom stereocenters. The molecule has 3 saturated heterocycles. The Morgan fingerprint density at radius 3 is 2.90 bits per heavy atom. The SMILES string of the molecule is O=C(O)CC1COCCN1C1CCOC2(CCSCC2)C1. The number of nitrogens with zero attached hydrogens (tertiary/aromatic N) is 1. The van der Waals surface area contributed by atoms with Crippen molar-refractivity contribution in [3.05, 3.63) is 0 Å². The minimum absolute atomic E-state index is 0.0226. The van der Waals surface area contributed by atoms with Crippen LogP contribution in [0.15, 0.2) is 0 Å². The summed E-state index contributed by atoms with van der Waals surface area (Å²) in [5.41, 5.74) is 0.0558. The van der Waals surface area contributed by atoms with Gasteiger partial charge in [-0.25, -0.2) is 0 Å². The first-order chi connectivity index (χ1) is 10.2. The molecule has 0 radical (unpaired) electrons. The van der Waals surface area contributed by atoms with E-state index in [0.717, 1.165) is 45.4 Å². The molecule has 1 spiro atoms. The van der Waals surface area contributed by atoms with Crippen LogP contribution in [-0.4, -0.2) is 71.5 Å². The largest absolute Gasteiger partial charge is 0.481 e. The van der Waals surface area contributed by atoms with Gasteiger partial charge in [0, 0.05) is 25.2 Å². The molecule has 120 valence electrons. The lowest BCUT2D eigenvalue weighted by Gasteiger charge is -2.49. The molecule has 0 aromatic rings. The number of ether oxygens (including phenoxy) is 2. The van der Waals surface area contributed by atoms with Crippen molar-refractivity contribution in [3.63, 3.8) is 0 Å². The van der Waals surface area contributed by atoms with Crippen LogP contribution in [0.4, 0.5) is 0 Å². The van der Waals surface area contributed by atoms with Crippen LogP contribution >= 0.6 is 11.8 Å². The molecule has 1 N–H and O–H groups in total. The fraction of sp³-hybridized carbons (Fsp3) is 0.933. The molecule has 3 aliphatic rings. The van der Waals surface area contributed by atoms with Crippen molar-refractivity contribution in [1.82, 2.24) is 4.90 Å². The highest BCUT2D eigenvalue weighted by atomic mass is 32.2. The Kier molecular flexibility index (Phi) is 5.09. The van der Waals surface area contributed by atoms with Gasteiger partial charge in [-0.3, -0.25) is 9.69 Å². The Morgan fingerprint density at radius 2 is 2.14 bits per heavy atom. The summed E-state index contributed by atoms with van der Waals surface area (Å²) in [7, 11) is 0. The molecule has 3 fully saturated rings. The van der Waals surface area contributed by atoms with Gasteiger partial charge in [0.15, 0.2) is 0 Å². The van der Waals surface area contributed by atoms with Crippen molar-refractivity contribution in [3.8, 4) is 0 Å². The number of morpholine rings is 1. The van der Waals surface area contributed by atoms with Crippen LogP contribution in [0, 0.1) is 0 Å². The van der Waals surface area contributed by atoms with Crippen molar-refractivity contribution >= 4 is 17.7 Å². The first-order valence-electron chi connectivity index (χ1n) is 7.96. The monoisotopic (exact) mass is 315 g/mol. The summed E-state index contributed by atoms with van der Waals surface area (Å²) >= 11 is 2.02. The maximum absolute atomic E-state index is 11.1. The van der Waals surface area contributed by atoms with Gasteiger partial charge in [-0.2, -0.15) is 11.8 Å². The summed E-state index contributed by atoms with van der Waals surface area (Å²) in [5.74, 6) is 1.65. The third-order valence-electron chi connectivity index (χ3n) is 5.02. The number of carboxylic acid groups (broad SMARTS) is 1. The highest BCUT2D eigenvalue weighted by Gasteiger charge is 2.42. The highest BCUT2D eigenvalue weighted by Crippen LogP contribution is 2.39. The second-order valence-corrected chi connectivity index (χ2v) is 7.58. The summed E-state index contributed by atoms with van der Waals surface area (Å²) < 4.78 is 11.7. The summed E-state index contributed by atoms with van der Waals surface area (Å²) in [4.78, 5) is 13.5. The van der Waals surface area contributed by atoms with Crippen molar-refractivity contribution < 1.29 is 19.4 Å². The molecule has 0 aliphatic carbocycles. The lowest BCUT2D eigenvalue weighted by molar-refractivity contribution is -0.146. The van der Waals surface area contributed by atoms with Crippen LogP contribution in [0.1, 0.15) is 32.1 Å². The third-order valence-corrected chi connectivity index (χ3v) is 6.01. The average molecular weight is 315 g/mol. The average Bonchev–Trinajstić information content (AvgIpc) is 2.48. The van der Waals surface area contributed by atoms with E-state index in [9.17, 15) is 4.79 Å². The second kappa shape index (κ2) is 6.86. The number of hydrogen-bond donors (Lipinski definition) is 1. The van der Waals surface area contributed by atoms with Gasteiger partial charge in [0.2, 0.25) is 0 Å². The summed E-state index contributed by atoms with van der Waals surface area (Å²) in [6.45, 7) is 2.93. The van der Waals surface area contributed by atoms with Crippen LogP contribution in [-0.2, 0) is 14.3 Å². The zero-order valence-corrected chi connectivity index (χ0v) is 13.3. The van der Waals surface area contributed by atoms with E-state index in [-0.39, 0.29) is 18.1 Å². The molecule has 2 unspecified atom stereocenters. The zero-order chi connectivity index (χ0) is 14.7. The summed E-state index contributed by atoms with van der Waals surface area (Å²) in [5, 5.41) is 9.11. The molecule has 0 aromatic carbocycles. The van der Waals surface area contributed by atoms with Gasteiger partial charge >= 0.3 is 5.97 Å². The normalized spacial score (nSPS) is 33.9. The maximum atomic E-state index is 11.1. The van der Waals surface area contributed by atoms with E-state index in [4.69, 9.17) is 14.6 Å². The fourth-order valence-corrected chi connectivity index (χ4v) is 5.14. The van der Waals surface area contributed by atoms with E-state index in [2.05, 4.69) is 4.90 Å². The molecule has 0 bridgehead atoms. The van der Waals surface area contributed by atoms with E-state index >= 15 is 0 Å². The Morgan fingerprint density at radius 1 is 1.33 bits per heavy atom. The molecule has 0 amide bonds. The zero-order valence-electron chi connectivity index (χ0n) is 12.5. The van der Waals surface area contributed by atoms with Crippen LogP contribution in [0.3, 0.4) is 0 Å². The molecule has 0 saturated carbocycles. The van der Waals surface area contributed by atoms with Gasteiger partial charge in [0.05, 0.1) is 25.2 Å². The lowest BCUT2D eigenvalue weighted by Crippen LogP contribution is -2.56. The molecule has 3 rings (SSSR count). The van der Waals surface area contributed by atoms with Crippen molar-refractivity contribution in [2.45, 2.75) is 49.8 Å². The molecular weight excluding hydrogens is 290 g/mol. The minimum Gasteiger partial charge on any atom is -0.481 e. The molecule has 5 nitrogen and oxygen atoms in total. The number of thioether (sulfide) groups is 1. The Bertz CT molecular complexity index is 367. The lowest BCUT2D eigenvalue weighted by atomic mass is 9.84. The van der Waals surface area contributed by atoms with Crippen molar-refractivity contribution in [2.24, 2.45) is 0 Å². The van der Waals surface area contributed by atoms with Crippen LogP contribution in [0.5, 0.6) is 0 Å². The predicted octanol–water partition coefficient (Wildman–Crippen LogP) is 1.61. The standard InChI is InChI=1S/C15H25NO4S/c17-14(18)9-13-11-19-6-4-16(13)12-1-5-20-15(10-12)2-7-21-8-3-15/h12-13H,1-11H2,(H,17,18). The molecular formula is C15H25NO4S. The fourth-order valence-electron chi connectivity index (χ4n) is 3.90. The van der Waals surface area contributed by atoms with Crippen molar-refractivity contribution in [2.75, 3.05) is 37.9 Å². The quantitative estimate of drug-likeness (QED) is 0.854. The summed E-state index contributed by atoms with van der Waals surface area (Å²) in [6.07, 6.45) is 4.54. The van der Waals surface area contributed by atoms with Gasteiger partial charge in [0.25, 0.3) is 0 Å². The second-order valence-electron chi connectivity index (χ2n) is 6.35. The van der Waals surface area contributed by atoms with Gasteiger partial charge < -0.3 is 14.6 Å². The molecule has 3 aliphatic heterocycles. The number of carboxylic acids is 1. The molecule has 0 aromatic heterocycles. The third kappa shape index (κ3) is 3.73. The van der Waals surface area contributed by atoms with Crippen LogP contribution in [0.25, 0.3) is 0 Å².